The van der Waals surface area contributed by atoms with Gasteiger partial charge in [0.25, 0.3) is 5.91 Å². The summed E-state index contributed by atoms with van der Waals surface area (Å²) in [6, 6.07) is 5.04. The Labute approximate surface area is 213 Å². The molecule has 8 heteroatoms. The van der Waals surface area contributed by atoms with Crippen molar-refractivity contribution in [3.63, 3.8) is 0 Å². The average Bonchev–Trinajstić information content (AvgIpc) is 3.27. The molecule has 0 radical (unpaired) electrons. The van der Waals surface area contributed by atoms with Crippen LogP contribution in [0.4, 0.5) is 4.79 Å². The van der Waals surface area contributed by atoms with Crippen molar-refractivity contribution in [2.24, 2.45) is 11.8 Å². The van der Waals surface area contributed by atoms with Crippen molar-refractivity contribution >= 4 is 18.0 Å². The third-order valence-corrected chi connectivity index (χ3v) is 6.17. The highest BCUT2D eigenvalue weighted by Gasteiger charge is 2.41. The third kappa shape index (κ3) is 8.62. The predicted octanol–water partition coefficient (Wildman–Crippen LogP) is 3.33. The number of amides is 2. The lowest BCUT2D eigenvalue weighted by Gasteiger charge is -2.36. The molecule has 0 saturated heterocycles. The molecule has 0 spiro atoms. The minimum absolute atomic E-state index is 0.203. The summed E-state index contributed by atoms with van der Waals surface area (Å²) in [6.07, 6.45) is 2.34. The molecule has 1 aromatic carbocycles. The van der Waals surface area contributed by atoms with E-state index in [9.17, 15) is 24.6 Å². The van der Waals surface area contributed by atoms with Crippen LogP contribution in [0.15, 0.2) is 24.3 Å². The van der Waals surface area contributed by atoms with E-state index in [0.717, 1.165) is 19.3 Å². The number of carbonyl (C=O) groups excluding carboxylic acids is 2. The van der Waals surface area contributed by atoms with E-state index >= 15 is 0 Å². The Kier molecular flexibility index (Phi) is 9.95. The Hall–Kier alpha value is -3.49. The molecule has 0 bridgehead atoms. The first-order valence-corrected chi connectivity index (χ1v) is 12.1. The van der Waals surface area contributed by atoms with Gasteiger partial charge in [-0.3, -0.25) is 4.79 Å². The molecule has 2 rings (SSSR count). The molecule has 36 heavy (non-hydrogen) atoms. The zero-order valence-electron chi connectivity index (χ0n) is 21.6. The van der Waals surface area contributed by atoms with Crippen LogP contribution >= 0.6 is 0 Å². The summed E-state index contributed by atoms with van der Waals surface area (Å²) < 4.78 is 5.26. The monoisotopic (exact) mass is 496 g/mol. The highest BCUT2D eigenvalue weighted by molar-refractivity contribution is 5.97. The van der Waals surface area contributed by atoms with Crippen molar-refractivity contribution in [1.82, 2.24) is 10.6 Å². The summed E-state index contributed by atoms with van der Waals surface area (Å²) in [5.41, 5.74) is -1.12. The van der Waals surface area contributed by atoms with Gasteiger partial charge in [-0.05, 0) is 95.4 Å². The maximum atomic E-state index is 12.8. The fourth-order valence-corrected chi connectivity index (χ4v) is 3.93. The van der Waals surface area contributed by atoms with Gasteiger partial charge in [0.1, 0.15) is 11.6 Å². The molecular formula is C28H36N2O6. The number of hydrogen-bond donors (Lipinski definition) is 4. The van der Waals surface area contributed by atoms with Gasteiger partial charge in [-0.25, -0.2) is 9.59 Å². The number of aliphatic carboxylic acids is 1. The van der Waals surface area contributed by atoms with Gasteiger partial charge in [-0.2, -0.15) is 0 Å². The zero-order chi connectivity index (χ0) is 26.9. The van der Waals surface area contributed by atoms with E-state index in [1.54, 1.807) is 58.9 Å². The number of carboxylic acids is 1. The van der Waals surface area contributed by atoms with E-state index in [0.29, 0.717) is 11.5 Å². The molecule has 1 saturated carbocycles. The normalized spacial score (nSPS) is 19.4. The number of aliphatic hydroxyl groups excluding tert-OH is 1. The zero-order valence-corrected chi connectivity index (χ0v) is 21.6. The minimum Gasteiger partial charge on any atom is -0.480 e. The standard InChI is InChI=1S/C28H36N2O6/c1-6-28(5,30-26(35)36-27(2,3)4)23(25(33)34)29-24(32)22-15-13-19(14-16-22)9-7-8-10-20-11-12-21(17-20)18-31/h13-16,20-21,23,31H,6,11-12,17-18H2,1-5H3,(H,29,32)(H,30,35)(H,33,34)/t20?,21?,23-,28?/m1/s1. The van der Waals surface area contributed by atoms with Crippen molar-refractivity contribution in [3.05, 3.63) is 35.4 Å². The van der Waals surface area contributed by atoms with Gasteiger partial charge >= 0.3 is 12.1 Å². The van der Waals surface area contributed by atoms with E-state index in [1.807, 2.05) is 0 Å². The first-order valence-electron chi connectivity index (χ1n) is 12.1. The lowest BCUT2D eigenvalue weighted by atomic mass is 9.89. The van der Waals surface area contributed by atoms with Crippen LogP contribution < -0.4 is 10.6 Å². The molecule has 0 aromatic heterocycles. The van der Waals surface area contributed by atoms with Gasteiger partial charge < -0.3 is 25.6 Å². The molecular weight excluding hydrogens is 460 g/mol. The highest BCUT2D eigenvalue weighted by atomic mass is 16.6. The van der Waals surface area contributed by atoms with Gasteiger partial charge in [0.05, 0.1) is 5.54 Å². The van der Waals surface area contributed by atoms with Crippen LogP contribution in [0.1, 0.15) is 76.2 Å². The number of hydrogen-bond acceptors (Lipinski definition) is 5. The first-order chi connectivity index (χ1) is 16.9. The molecule has 0 aliphatic heterocycles. The van der Waals surface area contributed by atoms with Gasteiger partial charge in [0, 0.05) is 23.7 Å². The Morgan fingerprint density at radius 2 is 1.78 bits per heavy atom. The number of benzene rings is 1. The van der Waals surface area contributed by atoms with Crippen molar-refractivity contribution in [3.8, 4) is 23.7 Å². The molecule has 2 amide bonds. The second-order valence-corrected chi connectivity index (χ2v) is 10.3. The fourth-order valence-electron chi connectivity index (χ4n) is 3.93. The second-order valence-electron chi connectivity index (χ2n) is 10.3. The maximum Gasteiger partial charge on any atom is 0.408 e. The Morgan fingerprint density at radius 1 is 1.11 bits per heavy atom. The van der Waals surface area contributed by atoms with Crippen LogP contribution in [0, 0.1) is 35.5 Å². The molecule has 4 N–H and O–H groups in total. The molecule has 1 fully saturated rings. The van der Waals surface area contributed by atoms with Crippen molar-refractivity contribution in [1.29, 1.82) is 0 Å². The number of nitrogens with one attached hydrogen (secondary N) is 2. The largest absolute Gasteiger partial charge is 0.480 e. The van der Waals surface area contributed by atoms with Crippen LogP contribution in [0.2, 0.25) is 0 Å². The summed E-state index contributed by atoms with van der Waals surface area (Å²) in [4.78, 5) is 37.1. The number of alkyl carbamates (subject to hydrolysis) is 1. The molecule has 1 aliphatic rings. The summed E-state index contributed by atoms with van der Waals surface area (Å²) in [5.74, 6) is 10.5. The van der Waals surface area contributed by atoms with Gasteiger partial charge in [-0.1, -0.05) is 18.8 Å². The van der Waals surface area contributed by atoms with Crippen molar-refractivity contribution in [2.75, 3.05) is 6.61 Å². The molecule has 1 aromatic rings. The summed E-state index contributed by atoms with van der Waals surface area (Å²) in [7, 11) is 0. The van der Waals surface area contributed by atoms with Gasteiger partial charge in [-0.15, -0.1) is 0 Å². The SMILES string of the molecule is CCC(C)(NC(=O)OC(C)(C)C)[C@H](NC(=O)c1ccc(C#CC#CC2CCC(CO)C2)cc1)C(=O)O. The topological polar surface area (TPSA) is 125 Å². The van der Waals surface area contributed by atoms with E-state index in [-0.39, 0.29) is 24.5 Å². The molecule has 1 aliphatic carbocycles. The number of rotatable bonds is 7. The Balaban J connectivity index is 2.05. The van der Waals surface area contributed by atoms with Crippen LogP contribution in [-0.4, -0.2) is 52.0 Å². The van der Waals surface area contributed by atoms with E-state index in [4.69, 9.17) is 4.74 Å². The average molecular weight is 497 g/mol. The van der Waals surface area contributed by atoms with Crippen LogP contribution in [0.3, 0.4) is 0 Å². The van der Waals surface area contributed by atoms with Crippen molar-refractivity contribution in [2.45, 2.75) is 77.5 Å². The van der Waals surface area contributed by atoms with Crippen LogP contribution in [-0.2, 0) is 9.53 Å². The van der Waals surface area contributed by atoms with Gasteiger partial charge in [0.15, 0.2) is 0 Å². The summed E-state index contributed by atoms with van der Waals surface area (Å²) >= 11 is 0. The lowest BCUT2D eigenvalue weighted by molar-refractivity contribution is -0.141. The number of carboxylic acid groups (broad SMARTS) is 1. The summed E-state index contributed by atoms with van der Waals surface area (Å²) in [5, 5.41) is 24.1. The molecule has 4 atom stereocenters. The molecule has 194 valence electrons. The second kappa shape index (κ2) is 12.5. The minimum atomic E-state index is -1.39. The Morgan fingerprint density at radius 3 is 2.31 bits per heavy atom. The maximum absolute atomic E-state index is 12.8. The van der Waals surface area contributed by atoms with E-state index < -0.39 is 35.2 Å². The molecule has 3 unspecified atom stereocenters. The highest BCUT2D eigenvalue weighted by Crippen LogP contribution is 2.29. The first kappa shape index (κ1) is 28.7. The quantitative estimate of drug-likeness (QED) is 0.429. The molecule has 0 heterocycles. The number of ether oxygens (including phenoxy) is 1. The van der Waals surface area contributed by atoms with Gasteiger partial charge in [0.2, 0.25) is 0 Å². The molecule has 8 nitrogen and oxygen atoms in total. The van der Waals surface area contributed by atoms with E-state index in [2.05, 4.69) is 34.3 Å². The van der Waals surface area contributed by atoms with Crippen molar-refractivity contribution < 1.29 is 29.3 Å². The number of carbonyl (C=O) groups is 3. The van der Waals surface area contributed by atoms with E-state index in [1.165, 1.54) is 0 Å². The smallest absolute Gasteiger partial charge is 0.408 e. The van der Waals surface area contributed by atoms with Crippen LogP contribution in [0.25, 0.3) is 0 Å². The Bertz CT molecular complexity index is 1070. The lowest BCUT2D eigenvalue weighted by Crippen LogP contribution is -2.63. The van der Waals surface area contributed by atoms with Crippen LogP contribution in [0.5, 0.6) is 0 Å². The third-order valence-electron chi connectivity index (χ3n) is 6.17. The number of aliphatic hydroxyl groups is 1. The summed E-state index contributed by atoms with van der Waals surface area (Å²) in [6.45, 7) is 8.58. The fraction of sp³-hybridized carbons (Fsp3) is 0.536. The predicted molar refractivity (Wildman–Crippen MR) is 136 cm³/mol.